The van der Waals surface area contributed by atoms with Crippen molar-refractivity contribution in [3.8, 4) is 10.6 Å². The molecular formula is C13H10N4O3S2. The second-order valence-corrected chi connectivity index (χ2v) is 6.02. The van der Waals surface area contributed by atoms with Gasteiger partial charge in [0.25, 0.3) is 0 Å². The lowest BCUT2D eigenvalue weighted by Crippen LogP contribution is -2.25. The van der Waals surface area contributed by atoms with Crippen LogP contribution in [0.2, 0.25) is 0 Å². The number of hydrogen-bond acceptors (Lipinski definition) is 6. The molecule has 2 aromatic rings. The van der Waals surface area contributed by atoms with E-state index >= 15 is 0 Å². The number of benzene rings is 1. The van der Waals surface area contributed by atoms with Gasteiger partial charge in [0.1, 0.15) is 5.01 Å². The second-order valence-electron chi connectivity index (χ2n) is 4.16. The molecule has 9 heteroatoms. The Kier molecular flexibility index (Phi) is 4.07. The Balaban J connectivity index is 1.93. The highest BCUT2D eigenvalue weighted by Crippen LogP contribution is 2.27. The highest BCUT2D eigenvalue weighted by molar-refractivity contribution is 7.82. The van der Waals surface area contributed by atoms with Crippen LogP contribution >= 0.6 is 11.3 Å². The standard InChI is InChI=1S/C13H10N4O3S2/c1-20-13(18)10-7-9(16-22(19)17-10)12-15-14-11(21-12)8-5-3-2-4-6-8/h2-7,16H,1H3. The van der Waals surface area contributed by atoms with E-state index in [4.69, 9.17) is 0 Å². The van der Waals surface area contributed by atoms with Crippen molar-refractivity contribution in [3.05, 3.63) is 41.4 Å². The fourth-order valence-electron chi connectivity index (χ4n) is 1.73. The molecule has 0 spiro atoms. The fraction of sp³-hybridized carbons (Fsp3) is 0.0769. The molecule has 0 bridgehead atoms. The summed E-state index contributed by atoms with van der Waals surface area (Å²) < 4.78 is 22.6. The smallest absolute Gasteiger partial charge is 0.357 e. The largest absolute Gasteiger partial charge is 0.464 e. The fourth-order valence-corrected chi connectivity index (χ4v) is 3.31. The van der Waals surface area contributed by atoms with Crippen LogP contribution in [-0.4, -0.2) is 33.2 Å². The Morgan fingerprint density at radius 2 is 1.95 bits per heavy atom. The van der Waals surface area contributed by atoms with Gasteiger partial charge in [-0.2, -0.15) is 4.40 Å². The van der Waals surface area contributed by atoms with E-state index in [1.54, 1.807) is 0 Å². The van der Waals surface area contributed by atoms with E-state index in [0.29, 0.717) is 10.7 Å². The molecule has 1 aliphatic rings. The van der Waals surface area contributed by atoms with Crippen LogP contribution in [0.15, 0.2) is 40.8 Å². The van der Waals surface area contributed by atoms with Crippen LogP contribution in [0, 0.1) is 0 Å². The number of methoxy groups -OCH3 is 1. The predicted molar refractivity (Wildman–Crippen MR) is 84.1 cm³/mol. The van der Waals surface area contributed by atoms with Crippen molar-refractivity contribution in [1.29, 1.82) is 0 Å². The topological polar surface area (TPSA) is 93.5 Å². The summed E-state index contributed by atoms with van der Waals surface area (Å²) in [4.78, 5) is 11.5. The van der Waals surface area contributed by atoms with Crippen molar-refractivity contribution >= 4 is 39.9 Å². The van der Waals surface area contributed by atoms with Crippen molar-refractivity contribution in [2.75, 3.05) is 7.11 Å². The van der Waals surface area contributed by atoms with Crippen molar-refractivity contribution in [2.24, 2.45) is 4.40 Å². The van der Waals surface area contributed by atoms with Crippen LogP contribution in [0.3, 0.4) is 0 Å². The van der Waals surface area contributed by atoms with Crippen molar-refractivity contribution in [3.63, 3.8) is 0 Å². The Bertz CT molecular complexity index is 799. The maximum Gasteiger partial charge on any atom is 0.357 e. The minimum absolute atomic E-state index is 0.0222. The second kappa shape index (κ2) is 6.16. The van der Waals surface area contributed by atoms with Crippen LogP contribution < -0.4 is 4.72 Å². The first-order valence-electron chi connectivity index (χ1n) is 6.14. The predicted octanol–water partition coefficient (Wildman–Crippen LogP) is 1.34. The molecule has 0 aliphatic carbocycles. The highest BCUT2D eigenvalue weighted by atomic mass is 32.2. The zero-order chi connectivity index (χ0) is 15.5. The molecule has 112 valence electrons. The van der Waals surface area contributed by atoms with Crippen LogP contribution in [-0.2, 0) is 20.7 Å². The molecular weight excluding hydrogens is 324 g/mol. The summed E-state index contributed by atoms with van der Waals surface area (Å²) >= 11 is -0.429. The molecule has 1 aromatic heterocycles. The first-order chi connectivity index (χ1) is 10.7. The van der Waals surface area contributed by atoms with Gasteiger partial charge in [-0.15, -0.1) is 10.2 Å². The average Bonchev–Trinajstić information content (AvgIpc) is 3.04. The number of carbonyl (C=O) groups excluding carboxylic acids is 1. The monoisotopic (exact) mass is 334 g/mol. The molecule has 7 nitrogen and oxygen atoms in total. The summed E-state index contributed by atoms with van der Waals surface area (Å²) in [5.41, 5.74) is 1.34. The highest BCUT2D eigenvalue weighted by Gasteiger charge is 2.21. The first-order valence-corrected chi connectivity index (χ1v) is 8.06. The summed E-state index contributed by atoms with van der Waals surface area (Å²) in [6, 6.07) is 9.58. The number of nitrogens with zero attached hydrogens (tertiary/aromatic N) is 3. The molecule has 0 saturated heterocycles. The quantitative estimate of drug-likeness (QED) is 0.855. The summed E-state index contributed by atoms with van der Waals surface area (Å²) in [7, 11) is 1.24. The SMILES string of the molecule is COC(=O)C1=NS(=O)NC(c2nnc(-c3ccccc3)s2)=C1. The molecule has 2 heterocycles. The third-order valence-electron chi connectivity index (χ3n) is 2.73. The van der Waals surface area contributed by atoms with Gasteiger partial charge >= 0.3 is 5.97 Å². The summed E-state index contributed by atoms with van der Waals surface area (Å²) in [6.45, 7) is 0. The number of carbonyl (C=O) groups is 1. The van der Waals surface area contributed by atoms with Crippen LogP contribution in [0.25, 0.3) is 16.3 Å². The third-order valence-corrected chi connectivity index (χ3v) is 4.49. The Morgan fingerprint density at radius 1 is 1.23 bits per heavy atom. The van der Waals surface area contributed by atoms with Gasteiger partial charge in [0.05, 0.1) is 12.8 Å². The molecule has 0 radical (unpaired) electrons. The van der Waals surface area contributed by atoms with E-state index in [-0.39, 0.29) is 5.71 Å². The van der Waals surface area contributed by atoms with E-state index in [1.165, 1.54) is 24.5 Å². The van der Waals surface area contributed by atoms with Gasteiger partial charge in [0, 0.05) is 5.56 Å². The Morgan fingerprint density at radius 3 is 2.68 bits per heavy atom. The maximum absolute atomic E-state index is 11.7. The van der Waals surface area contributed by atoms with Gasteiger partial charge in [-0.25, -0.2) is 9.00 Å². The zero-order valence-electron chi connectivity index (χ0n) is 11.3. The Hall–Kier alpha value is -2.39. The number of esters is 1. The number of ether oxygens (including phenoxy) is 1. The van der Waals surface area contributed by atoms with Crippen LogP contribution in [0.5, 0.6) is 0 Å². The molecule has 22 heavy (non-hydrogen) atoms. The van der Waals surface area contributed by atoms with Crippen LogP contribution in [0.1, 0.15) is 5.01 Å². The van der Waals surface area contributed by atoms with E-state index in [2.05, 4.69) is 24.1 Å². The van der Waals surface area contributed by atoms with Gasteiger partial charge in [-0.05, 0) is 6.08 Å². The molecule has 1 unspecified atom stereocenters. The van der Waals surface area contributed by atoms with Gasteiger partial charge < -0.3 is 4.74 Å². The lowest BCUT2D eigenvalue weighted by atomic mass is 10.2. The van der Waals surface area contributed by atoms with Crippen molar-refractivity contribution in [1.82, 2.24) is 14.9 Å². The normalized spacial score (nSPS) is 17.2. The van der Waals surface area contributed by atoms with Gasteiger partial charge in [0.15, 0.2) is 10.7 Å². The third kappa shape index (κ3) is 2.95. The molecule has 1 N–H and O–H groups in total. The van der Waals surface area contributed by atoms with Crippen molar-refractivity contribution < 1.29 is 13.7 Å². The zero-order valence-corrected chi connectivity index (χ0v) is 13.0. The number of aromatic nitrogens is 2. The maximum atomic E-state index is 11.7. The van der Waals surface area contributed by atoms with E-state index in [1.807, 2.05) is 30.3 Å². The first kappa shape index (κ1) is 14.5. The molecule has 3 rings (SSSR count). The molecule has 1 atom stereocenters. The van der Waals surface area contributed by atoms with E-state index in [0.717, 1.165) is 10.6 Å². The number of nitrogens with one attached hydrogen (secondary N) is 1. The lowest BCUT2D eigenvalue weighted by molar-refractivity contribution is -0.132. The van der Waals surface area contributed by atoms with Gasteiger partial charge in [-0.1, -0.05) is 41.7 Å². The minimum Gasteiger partial charge on any atom is -0.464 e. The van der Waals surface area contributed by atoms with E-state index in [9.17, 15) is 9.00 Å². The molecule has 0 amide bonds. The molecule has 1 aromatic carbocycles. The minimum atomic E-state index is -1.75. The van der Waals surface area contributed by atoms with Gasteiger partial charge in [0.2, 0.25) is 11.2 Å². The summed E-state index contributed by atoms with van der Waals surface area (Å²) in [6.07, 6.45) is 1.45. The average molecular weight is 334 g/mol. The van der Waals surface area contributed by atoms with Crippen molar-refractivity contribution in [2.45, 2.75) is 0 Å². The Labute approximate surface area is 132 Å². The lowest BCUT2D eigenvalue weighted by Gasteiger charge is -2.10. The molecule has 1 aliphatic heterocycles. The van der Waals surface area contributed by atoms with E-state index < -0.39 is 17.1 Å². The molecule has 0 saturated carbocycles. The van der Waals surface area contributed by atoms with Crippen LogP contribution in [0.4, 0.5) is 0 Å². The molecule has 0 fully saturated rings. The number of rotatable bonds is 3. The van der Waals surface area contributed by atoms with Gasteiger partial charge in [-0.3, -0.25) is 4.72 Å². The number of hydrogen-bond donors (Lipinski definition) is 1. The summed E-state index contributed by atoms with van der Waals surface area (Å²) in [5.74, 6) is -0.653. The summed E-state index contributed by atoms with van der Waals surface area (Å²) in [5, 5.41) is 9.42.